The van der Waals surface area contributed by atoms with Crippen molar-refractivity contribution in [3.05, 3.63) is 45.1 Å². The molecule has 0 unspecified atom stereocenters. The molecule has 0 radical (unpaired) electrons. The maximum atomic E-state index is 10.9. The Morgan fingerprint density at radius 1 is 0.917 bits per heavy atom. The normalized spacial score (nSPS) is 20.5. The second-order valence-electron chi connectivity index (χ2n) is 7.32. The fraction of sp³-hybridized carbons (Fsp3) is 0.600. The first-order valence-electron chi connectivity index (χ1n) is 9.33. The first-order chi connectivity index (χ1) is 11.6. The summed E-state index contributed by atoms with van der Waals surface area (Å²) in [6.45, 7) is 0. The Kier molecular flexibility index (Phi) is 5.54. The highest BCUT2D eigenvalue weighted by Gasteiger charge is 2.25. The van der Waals surface area contributed by atoms with Gasteiger partial charge in [-0.05, 0) is 66.3 Å². The standard InChI is InChI=1S/C20H27NO3/c22-20-18(16-7-3-1-4-8-16)13-15(11-12-21(23)24)14-19(20)17-9-5-2-6-10-17/h11-14,16-17,22H,1-10H2. The average molecular weight is 329 g/mol. The molecule has 0 bridgehead atoms. The van der Waals surface area contributed by atoms with E-state index >= 15 is 0 Å². The maximum absolute atomic E-state index is 10.9. The summed E-state index contributed by atoms with van der Waals surface area (Å²) in [5.74, 6) is 1.25. The third-order valence-electron chi connectivity index (χ3n) is 5.67. The molecule has 1 N–H and O–H groups in total. The maximum Gasteiger partial charge on any atom is 0.235 e. The summed E-state index contributed by atoms with van der Waals surface area (Å²) >= 11 is 0. The summed E-state index contributed by atoms with van der Waals surface area (Å²) in [5, 5.41) is 21.6. The second kappa shape index (κ2) is 7.82. The molecule has 1 aromatic carbocycles. The molecule has 1 aromatic rings. The monoisotopic (exact) mass is 329 g/mol. The first-order valence-corrected chi connectivity index (χ1v) is 9.33. The minimum atomic E-state index is -0.423. The van der Waals surface area contributed by atoms with E-state index in [1.165, 1.54) is 38.5 Å². The van der Waals surface area contributed by atoms with Crippen molar-refractivity contribution >= 4 is 6.08 Å². The first kappa shape index (κ1) is 17.0. The summed E-state index contributed by atoms with van der Waals surface area (Å²) in [4.78, 5) is 10.3. The van der Waals surface area contributed by atoms with Crippen LogP contribution in [-0.2, 0) is 0 Å². The van der Waals surface area contributed by atoms with Crippen LogP contribution in [0.15, 0.2) is 18.3 Å². The lowest BCUT2D eigenvalue weighted by atomic mass is 9.78. The second-order valence-corrected chi connectivity index (χ2v) is 7.32. The van der Waals surface area contributed by atoms with Crippen LogP contribution < -0.4 is 0 Å². The Balaban J connectivity index is 1.98. The van der Waals surface area contributed by atoms with E-state index in [1.54, 1.807) is 6.08 Å². The van der Waals surface area contributed by atoms with Gasteiger partial charge in [0.2, 0.25) is 6.20 Å². The molecule has 4 nitrogen and oxygen atoms in total. The summed E-state index contributed by atoms with van der Waals surface area (Å²) in [5.41, 5.74) is 2.88. The van der Waals surface area contributed by atoms with Crippen molar-refractivity contribution in [2.75, 3.05) is 0 Å². The minimum absolute atomic E-state index is 0.394. The number of hydrogen-bond donors (Lipinski definition) is 1. The predicted molar refractivity (Wildman–Crippen MR) is 95.8 cm³/mol. The van der Waals surface area contributed by atoms with Gasteiger partial charge in [0.1, 0.15) is 5.75 Å². The number of hydrogen-bond acceptors (Lipinski definition) is 3. The van der Waals surface area contributed by atoms with Crippen LogP contribution in [0.5, 0.6) is 5.75 Å². The molecular weight excluding hydrogens is 302 g/mol. The topological polar surface area (TPSA) is 63.4 Å². The number of nitrogens with zero attached hydrogens (tertiary/aromatic N) is 1. The average Bonchev–Trinajstić information content (AvgIpc) is 2.62. The Morgan fingerprint density at radius 3 is 1.79 bits per heavy atom. The van der Waals surface area contributed by atoms with E-state index in [1.807, 2.05) is 12.1 Å². The van der Waals surface area contributed by atoms with Crippen molar-refractivity contribution < 1.29 is 10.0 Å². The zero-order chi connectivity index (χ0) is 16.9. The Bertz CT molecular complexity index is 572. The van der Waals surface area contributed by atoms with Crippen molar-refractivity contribution in [2.24, 2.45) is 0 Å². The highest BCUT2D eigenvalue weighted by Crippen LogP contribution is 2.44. The van der Waals surface area contributed by atoms with Gasteiger partial charge in [-0.15, -0.1) is 0 Å². The Hall–Kier alpha value is -1.84. The molecule has 24 heavy (non-hydrogen) atoms. The SMILES string of the molecule is O=[N+]([O-])C=Cc1cc(C2CCCCC2)c(O)c(C2CCCCC2)c1. The van der Waals surface area contributed by atoms with Crippen molar-refractivity contribution in [3.63, 3.8) is 0 Å². The summed E-state index contributed by atoms with van der Waals surface area (Å²) in [6, 6.07) is 3.94. The predicted octanol–water partition coefficient (Wildman–Crippen LogP) is 5.74. The van der Waals surface area contributed by atoms with E-state index in [0.717, 1.165) is 48.6 Å². The Labute approximate surface area is 143 Å². The van der Waals surface area contributed by atoms with Crippen LogP contribution in [0.3, 0.4) is 0 Å². The third kappa shape index (κ3) is 3.97. The van der Waals surface area contributed by atoms with Crippen LogP contribution in [0.25, 0.3) is 6.08 Å². The number of aromatic hydroxyl groups is 1. The fourth-order valence-electron chi connectivity index (χ4n) is 4.40. The molecular formula is C20H27NO3. The van der Waals surface area contributed by atoms with Crippen molar-refractivity contribution in [1.82, 2.24) is 0 Å². The summed E-state index contributed by atoms with van der Waals surface area (Å²) < 4.78 is 0. The lowest BCUT2D eigenvalue weighted by Crippen LogP contribution is -2.09. The van der Waals surface area contributed by atoms with Crippen molar-refractivity contribution in [3.8, 4) is 5.75 Å². The van der Waals surface area contributed by atoms with Gasteiger partial charge in [-0.3, -0.25) is 10.1 Å². The van der Waals surface area contributed by atoms with Gasteiger partial charge in [0.05, 0.1) is 4.92 Å². The van der Waals surface area contributed by atoms with E-state index in [9.17, 15) is 15.2 Å². The quantitative estimate of drug-likeness (QED) is 0.566. The molecule has 0 amide bonds. The van der Waals surface area contributed by atoms with Gasteiger partial charge in [-0.2, -0.15) is 0 Å². The molecule has 0 aliphatic heterocycles. The van der Waals surface area contributed by atoms with Gasteiger partial charge >= 0.3 is 0 Å². The van der Waals surface area contributed by atoms with E-state index in [4.69, 9.17) is 0 Å². The molecule has 0 spiro atoms. The largest absolute Gasteiger partial charge is 0.507 e. The molecule has 0 aromatic heterocycles. The number of nitro groups is 1. The number of rotatable bonds is 4. The highest BCUT2D eigenvalue weighted by molar-refractivity contribution is 5.57. The van der Waals surface area contributed by atoms with Gasteiger partial charge in [0.25, 0.3) is 0 Å². The van der Waals surface area contributed by atoms with E-state index in [2.05, 4.69) is 0 Å². The van der Waals surface area contributed by atoms with Gasteiger partial charge in [0, 0.05) is 6.08 Å². The van der Waals surface area contributed by atoms with Gasteiger partial charge in [-0.1, -0.05) is 38.5 Å². The molecule has 0 atom stereocenters. The van der Waals surface area contributed by atoms with Crippen molar-refractivity contribution in [2.45, 2.75) is 76.0 Å². The van der Waals surface area contributed by atoms with E-state index < -0.39 is 4.92 Å². The lowest BCUT2D eigenvalue weighted by molar-refractivity contribution is -0.400. The summed E-state index contributed by atoms with van der Waals surface area (Å²) in [7, 11) is 0. The number of phenols is 1. The van der Waals surface area contributed by atoms with Crippen LogP contribution in [-0.4, -0.2) is 10.0 Å². The molecule has 2 fully saturated rings. The van der Waals surface area contributed by atoms with Crippen LogP contribution >= 0.6 is 0 Å². The molecule has 2 saturated carbocycles. The molecule has 3 rings (SSSR count). The molecule has 2 aliphatic carbocycles. The Morgan fingerprint density at radius 2 is 1.38 bits per heavy atom. The number of benzene rings is 1. The molecule has 0 heterocycles. The van der Waals surface area contributed by atoms with E-state index in [0.29, 0.717) is 17.6 Å². The molecule has 4 heteroatoms. The zero-order valence-electron chi connectivity index (χ0n) is 14.2. The minimum Gasteiger partial charge on any atom is -0.507 e. The molecule has 130 valence electrons. The van der Waals surface area contributed by atoms with Gasteiger partial charge in [-0.25, -0.2) is 0 Å². The van der Waals surface area contributed by atoms with Crippen LogP contribution in [0.1, 0.15) is 92.7 Å². The van der Waals surface area contributed by atoms with Crippen molar-refractivity contribution in [1.29, 1.82) is 0 Å². The third-order valence-corrected chi connectivity index (χ3v) is 5.67. The highest BCUT2D eigenvalue weighted by atomic mass is 16.6. The van der Waals surface area contributed by atoms with Crippen LogP contribution in [0.2, 0.25) is 0 Å². The number of phenolic OH excluding ortho intramolecular Hbond substituents is 1. The smallest absolute Gasteiger partial charge is 0.235 e. The van der Waals surface area contributed by atoms with E-state index in [-0.39, 0.29) is 0 Å². The zero-order valence-corrected chi connectivity index (χ0v) is 14.2. The molecule has 2 aliphatic rings. The van der Waals surface area contributed by atoms with Gasteiger partial charge < -0.3 is 5.11 Å². The van der Waals surface area contributed by atoms with Crippen LogP contribution in [0.4, 0.5) is 0 Å². The summed E-state index contributed by atoms with van der Waals surface area (Å²) in [6.07, 6.45) is 14.4. The fourth-order valence-corrected chi connectivity index (χ4v) is 4.40. The molecule has 0 saturated heterocycles. The van der Waals surface area contributed by atoms with Gasteiger partial charge in [0.15, 0.2) is 0 Å². The lowest BCUT2D eigenvalue weighted by Gasteiger charge is -2.28. The van der Waals surface area contributed by atoms with Crippen LogP contribution in [0, 0.1) is 10.1 Å².